The fourth-order valence-electron chi connectivity index (χ4n) is 2.90. The second-order valence-corrected chi connectivity index (χ2v) is 9.80. The van der Waals surface area contributed by atoms with E-state index in [2.05, 4.69) is 9.97 Å². The summed E-state index contributed by atoms with van der Waals surface area (Å²) < 4.78 is 37.3. The number of para-hydroxylation sites is 2. The smallest absolute Gasteiger partial charge is 0.188 e. The van der Waals surface area contributed by atoms with Gasteiger partial charge in [-0.15, -0.1) is 0 Å². The first kappa shape index (κ1) is 20.5. The summed E-state index contributed by atoms with van der Waals surface area (Å²) >= 11 is 0. The summed E-state index contributed by atoms with van der Waals surface area (Å²) in [6.45, 7) is 5.81. The SMILES string of the molecule is COCOc1ccc(F)cc1C(CS(=O)C(C)(C)C)c1nc2ccccc2[nH]1. The van der Waals surface area contributed by atoms with Crippen molar-refractivity contribution in [3.05, 3.63) is 59.7 Å². The second kappa shape index (κ2) is 8.41. The lowest BCUT2D eigenvalue weighted by Gasteiger charge is -2.23. The summed E-state index contributed by atoms with van der Waals surface area (Å²) in [5.74, 6) is 0.597. The monoisotopic (exact) mass is 404 g/mol. The lowest BCUT2D eigenvalue weighted by molar-refractivity contribution is 0.0502. The van der Waals surface area contributed by atoms with Crippen LogP contribution in [0.1, 0.15) is 38.1 Å². The molecule has 5 nitrogen and oxygen atoms in total. The molecule has 3 aromatic rings. The molecule has 1 aromatic heterocycles. The first-order valence-corrected chi connectivity index (χ1v) is 10.4. The zero-order chi connectivity index (χ0) is 20.3. The van der Waals surface area contributed by atoms with Gasteiger partial charge in [-0.1, -0.05) is 12.1 Å². The number of halogens is 1. The van der Waals surface area contributed by atoms with Gasteiger partial charge in [-0.3, -0.25) is 4.21 Å². The van der Waals surface area contributed by atoms with Gasteiger partial charge >= 0.3 is 0 Å². The molecule has 0 saturated carbocycles. The Hall–Kier alpha value is -2.25. The van der Waals surface area contributed by atoms with E-state index in [9.17, 15) is 8.60 Å². The van der Waals surface area contributed by atoms with Crippen LogP contribution in [-0.2, 0) is 15.5 Å². The minimum Gasteiger partial charge on any atom is -0.467 e. The molecule has 0 saturated heterocycles. The number of hydrogen-bond donors (Lipinski definition) is 1. The Kier molecular flexibility index (Phi) is 6.15. The van der Waals surface area contributed by atoms with Gasteiger partial charge in [0.1, 0.15) is 17.4 Å². The number of methoxy groups -OCH3 is 1. The van der Waals surface area contributed by atoms with Gasteiger partial charge in [-0.2, -0.15) is 0 Å². The number of fused-ring (bicyclic) bond motifs is 1. The molecular formula is C21H25FN2O3S. The zero-order valence-corrected chi connectivity index (χ0v) is 17.3. The summed E-state index contributed by atoms with van der Waals surface area (Å²) in [4.78, 5) is 7.98. The number of nitrogens with zero attached hydrogens (tertiary/aromatic N) is 1. The van der Waals surface area contributed by atoms with Crippen LogP contribution in [0.5, 0.6) is 5.75 Å². The molecule has 0 bridgehead atoms. The van der Waals surface area contributed by atoms with Gasteiger partial charge in [-0.25, -0.2) is 9.37 Å². The molecule has 0 aliphatic carbocycles. The largest absolute Gasteiger partial charge is 0.467 e. The average Bonchev–Trinajstić information content (AvgIpc) is 3.08. The van der Waals surface area contributed by atoms with Crippen LogP contribution in [0.4, 0.5) is 4.39 Å². The topological polar surface area (TPSA) is 64.2 Å². The molecular weight excluding hydrogens is 379 g/mol. The average molecular weight is 405 g/mol. The molecule has 1 N–H and O–H groups in total. The number of imidazole rings is 1. The molecule has 28 heavy (non-hydrogen) atoms. The molecule has 0 radical (unpaired) electrons. The summed E-state index contributed by atoms with van der Waals surface area (Å²) in [6, 6.07) is 12.0. The zero-order valence-electron chi connectivity index (χ0n) is 16.5. The van der Waals surface area contributed by atoms with Gasteiger partial charge in [0.15, 0.2) is 6.79 Å². The van der Waals surface area contributed by atoms with Crippen molar-refractivity contribution in [3.8, 4) is 5.75 Å². The Morgan fingerprint density at radius 1 is 1.21 bits per heavy atom. The van der Waals surface area contributed by atoms with Crippen LogP contribution >= 0.6 is 0 Å². The van der Waals surface area contributed by atoms with Crippen LogP contribution < -0.4 is 4.74 Å². The number of ether oxygens (including phenoxy) is 2. The van der Waals surface area contributed by atoms with Crippen LogP contribution in [0.2, 0.25) is 0 Å². The number of aromatic nitrogens is 2. The maximum Gasteiger partial charge on any atom is 0.188 e. The summed E-state index contributed by atoms with van der Waals surface area (Å²) in [5.41, 5.74) is 2.27. The molecule has 0 fully saturated rings. The van der Waals surface area contributed by atoms with Gasteiger partial charge in [0.05, 0.1) is 17.0 Å². The van der Waals surface area contributed by atoms with E-state index in [1.54, 1.807) is 6.07 Å². The molecule has 1 heterocycles. The van der Waals surface area contributed by atoms with Crippen molar-refractivity contribution in [1.82, 2.24) is 9.97 Å². The van der Waals surface area contributed by atoms with E-state index >= 15 is 0 Å². The molecule has 2 atom stereocenters. The predicted molar refractivity (Wildman–Crippen MR) is 110 cm³/mol. The minimum absolute atomic E-state index is 0.0356. The number of rotatable bonds is 7. The van der Waals surface area contributed by atoms with Gasteiger partial charge in [0.25, 0.3) is 0 Å². The third kappa shape index (κ3) is 4.59. The van der Waals surface area contributed by atoms with E-state index in [-0.39, 0.29) is 18.4 Å². The van der Waals surface area contributed by atoms with Gasteiger partial charge in [0.2, 0.25) is 0 Å². The van der Waals surface area contributed by atoms with Gasteiger partial charge in [-0.05, 0) is 51.1 Å². The third-order valence-corrected chi connectivity index (χ3v) is 6.42. The highest BCUT2D eigenvalue weighted by molar-refractivity contribution is 7.86. The summed E-state index contributed by atoms with van der Waals surface area (Å²) in [5, 5.41) is 0. The first-order valence-electron chi connectivity index (χ1n) is 9.04. The van der Waals surface area contributed by atoms with E-state index in [1.165, 1.54) is 19.2 Å². The molecule has 0 aliphatic heterocycles. The van der Waals surface area contributed by atoms with Crippen molar-refractivity contribution in [1.29, 1.82) is 0 Å². The molecule has 150 valence electrons. The fraction of sp³-hybridized carbons (Fsp3) is 0.381. The fourth-order valence-corrected chi connectivity index (χ4v) is 4.04. The van der Waals surface area contributed by atoms with Crippen LogP contribution in [0.3, 0.4) is 0 Å². The molecule has 2 aromatic carbocycles. The van der Waals surface area contributed by atoms with Crippen molar-refractivity contribution >= 4 is 21.8 Å². The number of benzene rings is 2. The van der Waals surface area contributed by atoms with Crippen molar-refractivity contribution in [2.75, 3.05) is 19.7 Å². The Morgan fingerprint density at radius 3 is 2.64 bits per heavy atom. The highest BCUT2D eigenvalue weighted by atomic mass is 32.2. The Morgan fingerprint density at radius 2 is 1.96 bits per heavy atom. The predicted octanol–water partition coefficient (Wildman–Crippen LogP) is 4.36. The number of hydrogen-bond acceptors (Lipinski definition) is 4. The Labute approximate surface area is 166 Å². The highest BCUT2D eigenvalue weighted by Crippen LogP contribution is 2.34. The molecule has 0 amide bonds. The maximum absolute atomic E-state index is 14.1. The van der Waals surface area contributed by atoms with Gasteiger partial charge in [0, 0.05) is 34.0 Å². The lowest BCUT2D eigenvalue weighted by atomic mass is 9.99. The van der Waals surface area contributed by atoms with Crippen LogP contribution in [0.25, 0.3) is 11.0 Å². The second-order valence-electron chi connectivity index (χ2n) is 7.55. The third-order valence-electron chi connectivity index (χ3n) is 4.42. The minimum atomic E-state index is -1.18. The summed E-state index contributed by atoms with van der Waals surface area (Å²) in [6.07, 6.45) is 0. The molecule has 3 rings (SSSR count). The van der Waals surface area contributed by atoms with E-state index < -0.39 is 21.5 Å². The van der Waals surface area contributed by atoms with Crippen LogP contribution in [-0.4, -0.2) is 38.6 Å². The van der Waals surface area contributed by atoms with E-state index in [0.29, 0.717) is 17.1 Å². The molecule has 0 spiro atoms. The Balaban J connectivity index is 2.11. The van der Waals surface area contributed by atoms with E-state index in [4.69, 9.17) is 9.47 Å². The standard InChI is InChI=1S/C21H25FN2O3S/c1-21(2,3)28(25)12-16(20-23-17-7-5-6-8-18(17)24-20)15-11-14(22)9-10-19(15)27-13-26-4/h5-11,16H,12-13H2,1-4H3,(H,23,24). The van der Waals surface area contributed by atoms with Crippen molar-refractivity contribution in [3.63, 3.8) is 0 Å². The van der Waals surface area contributed by atoms with E-state index in [0.717, 1.165) is 11.0 Å². The molecule has 0 aliphatic rings. The number of nitrogens with one attached hydrogen (secondary N) is 1. The lowest BCUT2D eigenvalue weighted by Crippen LogP contribution is -2.27. The van der Waals surface area contributed by atoms with Gasteiger partial charge < -0.3 is 14.5 Å². The summed E-state index contributed by atoms with van der Waals surface area (Å²) in [7, 11) is 0.343. The maximum atomic E-state index is 14.1. The highest BCUT2D eigenvalue weighted by Gasteiger charge is 2.29. The van der Waals surface area contributed by atoms with Crippen molar-refractivity contribution in [2.24, 2.45) is 0 Å². The van der Waals surface area contributed by atoms with Crippen LogP contribution in [0, 0.1) is 5.82 Å². The van der Waals surface area contributed by atoms with Crippen molar-refractivity contribution in [2.45, 2.75) is 31.4 Å². The Bertz CT molecular complexity index is 948. The number of aromatic amines is 1. The quantitative estimate of drug-likeness (QED) is 0.594. The van der Waals surface area contributed by atoms with Crippen molar-refractivity contribution < 1.29 is 18.1 Å². The molecule has 7 heteroatoms. The van der Waals surface area contributed by atoms with E-state index in [1.807, 2.05) is 45.0 Å². The molecule has 2 unspecified atom stereocenters. The van der Waals surface area contributed by atoms with Crippen LogP contribution in [0.15, 0.2) is 42.5 Å². The first-order chi connectivity index (χ1) is 13.3. The number of H-pyrrole nitrogens is 1. The normalized spacial score (nSPS) is 14.2.